The van der Waals surface area contributed by atoms with E-state index in [-0.39, 0.29) is 19.3 Å². The van der Waals surface area contributed by atoms with Crippen LogP contribution in [-0.4, -0.2) is 66.5 Å². The van der Waals surface area contributed by atoms with Gasteiger partial charge >= 0.3 is 25.7 Å². The molecule has 0 bridgehead atoms. The summed E-state index contributed by atoms with van der Waals surface area (Å²) in [7, 11) is -4.80. The Balaban J connectivity index is 4.94. The minimum atomic E-state index is -4.80. The van der Waals surface area contributed by atoms with Crippen molar-refractivity contribution in [1.29, 1.82) is 0 Å². The van der Waals surface area contributed by atoms with Crippen molar-refractivity contribution >= 4 is 25.7 Å². The standard InChI is InChI=1S/C68H105O11P/c1-4-7-10-13-16-19-22-25-28-30-32-34-37-39-42-45-48-51-54-57-66(70)75-61-65(79-68(72)59-56-53-50-47-44-41-38-35-33-31-29-26-23-20-17-14-11-8-5-2)63-77-80(73,74)76-62-64(60-69)78-67(71)58-55-52-49-46-43-40-36-27-24-21-18-15-12-9-6-3/h7-12,16-21,25-29,32-36,39,41-42,44,50,53,64-65,69H,4-6,13-15,22-24,30-31,37-38,40,43,45-49,51-52,54-63H2,1-3H3,(H,73,74)/b10-7-,11-8-,12-9-,19-16-,20-17-,21-18-,28-25-,29-26-,34-32-,35-33-,36-27-,42-39-,44-41-,53-50-. The molecule has 3 unspecified atom stereocenters. The van der Waals surface area contributed by atoms with Crippen LogP contribution in [0.25, 0.3) is 0 Å². The predicted octanol–water partition coefficient (Wildman–Crippen LogP) is 18.2. The van der Waals surface area contributed by atoms with Crippen LogP contribution in [0.1, 0.15) is 201 Å². The Bertz CT molecular complexity index is 1990. The Morgan fingerprint density at radius 3 is 1.02 bits per heavy atom. The molecule has 0 amide bonds. The molecule has 2 N–H and O–H groups in total. The molecule has 0 heterocycles. The highest BCUT2D eigenvalue weighted by atomic mass is 31.2. The van der Waals surface area contributed by atoms with Gasteiger partial charge in [0.25, 0.3) is 0 Å². The molecule has 0 saturated heterocycles. The molecule has 12 heteroatoms. The molecule has 0 radical (unpaired) electrons. The first-order valence-electron chi connectivity index (χ1n) is 30.0. The largest absolute Gasteiger partial charge is 0.472 e. The second-order valence-corrected chi connectivity index (χ2v) is 20.5. The summed E-state index contributed by atoms with van der Waals surface area (Å²) in [5.74, 6) is -1.65. The van der Waals surface area contributed by atoms with Gasteiger partial charge in [0, 0.05) is 19.3 Å². The molecular formula is C68H105O11P. The van der Waals surface area contributed by atoms with Crippen LogP contribution in [0.3, 0.4) is 0 Å². The van der Waals surface area contributed by atoms with Crippen molar-refractivity contribution in [3.8, 4) is 0 Å². The first-order chi connectivity index (χ1) is 39.2. The van der Waals surface area contributed by atoms with E-state index >= 15 is 0 Å². The van der Waals surface area contributed by atoms with Gasteiger partial charge in [0.05, 0.1) is 19.8 Å². The Morgan fingerprint density at radius 2 is 0.637 bits per heavy atom. The highest BCUT2D eigenvalue weighted by Crippen LogP contribution is 2.43. The lowest BCUT2D eigenvalue weighted by atomic mass is 10.1. The molecule has 448 valence electrons. The summed E-state index contributed by atoms with van der Waals surface area (Å²) in [5.41, 5.74) is 0. The van der Waals surface area contributed by atoms with Crippen LogP contribution in [-0.2, 0) is 42.2 Å². The van der Waals surface area contributed by atoms with Gasteiger partial charge in [-0.25, -0.2) is 4.57 Å². The summed E-state index contributed by atoms with van der Waals surface area (Å²) in [6, 6.07) is 0. The Labute approximate surface area is 485 Å². The fraction of sp³-hybridized carbons (Fsp3) is 0.544. The van der Waals surface area contributed by atoms with E-state index < -0.39 is 64.4 Å². The average molecular weight is 1130 g/mol. The third-order valence-electron chi connectivity index (χ3n) is 11.6. The van der Waals surface area contributed by atoms with Crippen molar-refractivity contribution in [3.05, 3.63) is 170 Å². The van der Waals surface area contributed by atoms with E-state index in [2.05, 4.69) is 179 Å². The number of carbonyl (C=O) groups excluding carboxylic acids is 3. The average Bonchev–Trinajstić information content (AvgIpc) is 3.45. The van der Waals surface area contributed by atoms with Gasteiger partial charge in [0.2, 0.25) is 0 Å². The number of phosphoric acid groups is 1. The van der Waals surface area contributed by atoms with Crippen molar-refractivity contribution < 1.29 is 52.2 Å². The van der Waals surface area contributed by atoms with Crippen LogP contribution in [0.4, 0.5) is 0 Å². The van der Waals surface area contributed by atoms with Crippen molar-refractivity contribution in [2.45, 2.75) is 213 Å². The molecule has 0 fully saturated rings. The number of allylic oxidation sites excluding steroid dienone is 28. The van der Waals surface area contributed by atoms with E-state index in [1.165, 1.54) is 0 Å². The van der Waals surface area contributed by atoms with E-state index in [1.807, 2.05) is 12.2 Å². The number of rotatable bonds is 53. The number of esters is 3. The van der Waals surface area contributed by atoms with Crippen molar-refractivity contribution in [1.82, 2.24) is 0 Å². The summed E-state index contributed by atoms with van der Waals surface area (Å²) >= 11 is 0. The minimum Gasteiger partial charge on any atom is -0.462 e. The molecule has 0 rings (SSSR count). The Morgan fingerprint density at radius 1 is 0.350 bits per heavy atom. The van der Waals surface area contributed by atoms with Crippen LogP contribution in [0.5, 0.6) is 0 Å². The normalized spacial score (nSPS) is 14.5. The molecule has 0 aliphatic carbocycles. The second-order valence-electron chi connectivity index (χ2n) is 19.0. The van der Waals surface area contributed by atoms with Gasteiger partial charge in [0.15, 0.2) is 6.10 Å². The minimum absolute atomic E-state index is 0.0229. The number of aliphatic hydroxyl groups is 1. The zero-order chi connectivity index (χ0) is 58.3. The maximum Gasteiger partial charge on any atom is 0.472 e. The van der Waals surface area contributed by atoms with Crippen LogP contribution in [0.15, 0.2) is 170 Å². The van der Waals surface area contributed by atoms with Gasteiger partial charge in [-0.2, -0.15) is 0 Å². The monoisotopic (exact) mass is 1130 g/mol. The molecule has 0 aliphatic heterocycles. The predicted molar refractivity (Wildman–Crippen MR) is 334 cm³/mol. The number of ether oxygens (including phenoxy) is 3. The summed E-state index contributed by atoms with van der Waals surface area (Å²) in [4.78, 5) is 48.6. The molecule has 0 aliphatic rings. The topological polar surface area (TPSA) is 155 Å². The lowest BCUT2D eigenvalue weighted by Gasteiger charge is -2.21. The number of hydrogen-bond acceptors (Lipinski definition) is 10. The van der Waals surface area contributed by atoms with Gasteiger partial charge in [-0.3, -0.25) is 23.4 Å². The van der Waals surface area contributed by atoms with E-state index in [0.29, 0.717) is 25.7 Å². The van der Waals surface area contributed by atoms with Crippen molar-refractivity contribution in [2.75, 3.05) is 26.4 Å². The number of phosphoric ester groups is 1. The van der Waals surface area contributed by atoms with E-state index in [9.17, 15) is 28.9 Å². The molecule has 0 aromatic rings. The summed E-state index contributed by atoms with van der Waals surface area (Å²) in [6.07, 6.45) is 80.4. The van der Waals surface area contributed by atoms with E-state index in [0.717, 1.165) is 135 Å². The smallest absolute Gasteiger partial charge is 0.462 e. The zero-order valence-corrected chi connectivity index (χ0v) is 50.4. The number of aliphatic hydroxyl groups excluding tert-OH is 1. The molecule has 80 heavy (non-hydrogen) atoms. The SMILES string of the molecule is CC/C=C\C/C=C\C/C=C\C/C=C\C/C=C\C/C=C\CCC(=O)OC(COC(=O)CCCCC/C=C\C/C=C\C/C=C\C/C=C\C/C=C\CC)COP(=O)(O)OCC(CO)OC(=O)CCCCCCC/C=C\C/C=C\C/C=C\CC. The number of unbranched alkanes of at least 4 members (excludes halogenated alkanes) is 8. The summed E-state index contributed by atoms with van der Waals surface area (Å²) in [5, 5.41) is 9.83. The van der Waals surface area contributed by atoms with Crippen molar-refractivity contribution in [3.63, 3.8) is 0 Å². The van der Waals surface area contributed by atoms with Crippen LogP contribution in [0.2, 0.25) is 0 Å². The third-order valence-corrected chi connectivity index (χ3v) is 12.6. The fourth-order valence-corrected chi connectivity index (χ4v) is 7.97. The molecule has 0 saturated carbocycles. The lowest BCUT2D eigenvalue weighted by Crippen LogP contribution is -2.30. The van der Waals surface area contributed by atoms with Crippen LogP contribution in [0, 0.1) is 0 Å². The highest BCUT2D eigenvalue weighted by molar-refractivity contribution is 7.47. The molecular weight excluding hydrogens is 1020 g/mol. The number of hydrogen-bond donors (Lipinski definition) is 2. The first kappa shape index (κ1) is 74.8. The highest BCUT2D eigenvalue weighted by Gasteiger charge is 2.28. The van der Waals surface area contributed by atoms with E-state index in [1.54, 1.807) is 0 Å². The first-order valence-corrected chi connectivity index (χ1v) is 31.5. The maximum absolute atomic E-state index is 12.9. The maximum atomic E-state index is 12.9. The molecule has 0 aromatic carbocycles. The lowest BCUT2D eigenvalue weighted by molar-refractivity contribution is -0.161. The van der Waals surface area contributed by atoms with Crippen LogP contribution < -0.4 is 0 Å². The van der Waals surface area contributed by atoms with Gasteiger partial charge < -0.3 is 24.2 Å². The van der Waals surface area contributed by atoms with Crippen molar-refractivity contribution in [2.24, 2.45) is 0 Å². The Hall–Kier alpha value is -5.16. The third kappa shape index (κ3) is 57.5. The fourth-order valence-electron chi connectivity index (χ4n) is 7.19. The molecule has 11 nitrogen and oxygen atoms in total. The van der Waals surface area contributed by atoms with E-state index in [4.69, 9.17) is 23.3 Å². The molecule has 0 spiro atoms. The summed E-state index contributed by atoms with van der Waals surface area (Å²) < 4.78 is 39.5. The van der Waals surface area contributed by atoms with Gasteiger partial charge in [0.1, 0.15) is 12.7 Å². The Kier molecular flexibility index (Phi) is 56.1. The van der Waals surface area contributed by atoms with Crippen LogP contribution >= 0.6 is 7.82 Å². The molecule has 0 aromatic heterocycles. The van der Waals surface area contributed by atoms with Gasteiger partial charge in [-0.15, -0.1) is 0 Å². The van der Waals surface area contributed by atoms with Gasteiger partial charge in [-0.05, 0) is 135 Å². The molecule has 3 atom stereocenters. The second kappa shape index (κ2) is 59.9. The quantitative estimate of drug-likeness (QED) is 0.0197. The van der Waals surface area contributed by atoms with Gasteiger partial charge in [-0.1, -0.05) is 217 Å². The summed E-state index contributed by atoms with van der Waals surface area (Å²) in [6.45, 7) is 4.14. The zero-order valence-electron chi connectivity index (χ0n) is 49.5. The number of carbonyl (C=O) groups is 3.